The molecular weight excluding hydrogens is 440 g/mol. The Hall–Kier alpha value is -2.97. The van der Waals surface area contributed by atoms with Gasteiger partial charge >= 0.3 is 0 Å². The lowest BCUT2D eigenvalue weighted by molar-refractivity contribution is -0.123. The first kappa shape index (κ1) is 22.2. The molecule has 2 aromatic heterocycles. The maximum Gasteiger partial charge on any atom is 0.267 e. The molecule has 1 fully saturated rings. The van der Waals surface area contributed by atoms with Gasteiger partial charge in [0.2, 0.25) is 0 Å². The number of nitrogens with zero attached hydrogens (tertiary/aromatic N) is 3. The highest BCUT2D eigenvalue weighted by atomic mass is 32.2. The predicted molar refractivity (Wildman–Crippen MR) is 135 cm³/mol. The summed E-state index contributed by atoms with van der Waals surface area (Å²) in [6.07, 6.45) is 4.26. The molecule has 1 aliphatic rings. The number of carbonyl (C=O) groups is 1. The third-order valence-electron chi connectivity index (χ3n) is 5.32. The van der Waals surface area contributed by atoms with Gasteiger partial charge in [-0.25, -0.2) is 4.98 Å². The van der Waals surface area contributed by atoms with Crippen LogP contribution in [-0.4, -0.2) is 31.1 Å². The molecule has 1 aromatic carbocycles. The van der Waals surface area contributed by atoms with Crippen molar-refractivity contribution in [2.24, 2.45) is 0 Å². The molecule has 1 aliphatic heterocycles. The van der Waals surface area contributed by atoms with Crippen molar-refractivity contribution in [1.29, 1.82) is 0 Å². The van der Waals surface area contributed by atoms with Crippen LogP contribution in [0.25, 0.3) is 11.7 Å². The molecule has 4 rings (SSSR count). The third kappa shape index (κ3) is 4.20. The van der Waals surface area contributed by atoms with Gasteiger partial charge < -0.3 is 5.32 Å². The van der Waals surface area contributed by atoms with Crippen LogP contribution in [0.15, 0.2) is 58.4 Å². The van der Waals surface area contributed by atoms with Crippen LogP contribution in [-0.2, 0) is 4.79 Å². The number of aromatic nitrogens is 2. The number of fused-ring (bicyclic) bond motifs is 1. The fraction of sp³-hybridized carbons (Fsp3) is 0.250. The van der Waals surface area contributed by atoms with E-state index in [2.05, 4.69) is 10.3 Å². The standard InChI is InChI=1S/C24H24N4O2S2/c1-4-12-25-21-18(22(29)27-14-15(2)10-11-20(27)26-21)13-19-23(30)28(24(31)32-19)16(3)17-8-6-5-7-9-17/h5-11,13-14,16,25H,4,12H2,1-3H3. The summed E-state index contributed by atoms with van der Waals surface area (Å²) in [6, 6.07) is 13.3. The number of thioether (sulfide) groups is 1. The van der Waals surface area contributed by atoms with Gasteiger partial charge in [0, 0.05) is 12.7 Å². The van der Waals surface area contributed by atoms with E-state index in [9.17, 15) is 9.59 Å². The maximum absolute atomic E-state index is 13.3. The van der Waals surface area contributed by atoms with E-state index in [0.717, 1.165) is 17.5 Å². The van der Waals surface area contributed by atoms with Crippen molar-refractivity contribution in [3.05, 3.63) is 80.6 Å². The molecule has 3 heterocycles. The van der Waals surface area contributed by atoms with Crippen molar-refractivity contribution in [3.63, 3.8) is 0 Å². The van der Waals surface area contributed by atoms with Gasteiger partial charge in [-0.1, -0.05) is 67.3 Å². The fourth-order valence-corrected chi connectivity index (χ4v) is 4.99. The average molecular weight is 465 g/mol. The zero-order chi connectivity index (χ0) is 22.8. The van der Waals surface area contributed by atoms with Crippen LogP contribution in [0, 0.1) is 6.92 Å². The van der Waals surface area contributed by atoms with Gasteiger partial charge in [0.05, 0.1) is 16.5 Å². The Kier molecular flexibility index (Phi) is 6.43. The molecule has 3 aromatic rings. The van der Waals surface area contributed by atoms with Gasteiger partial charge in [-0.3, -0.25) is 18.9 Å². The highest BCUT2D eigenvalue weighted by molar-refractivity contribution is 8.26. The van der Waals surface area contributed by atoms with Gasteiger partial charge in [-0.2, -0.15) is 0 Å². The molecule has 6 nitrogen and oxygen atoms in total. The monoisotopic (exact) mass is 464 g/mol. The Morgan fingerprint density at radius 1 is 1.19 bits per heavy atom. The summed E-state index contributed by atoms with van der Waals surface area (Å²) in [7, 11) is 0. The van der Waals surface area contributed by atoms with Crippen molar-refractivity contribution in [2.75, 3.05) is 11.9 Å². The van der Waals surface area contributed by atoms with Crippen LogP contribution in [0.2, 0.25) is 0 Å². The zero-order valence-electron chi connectivity index (χ0n) is 18.2. The molecule has 0 bridgehead atoms. The number of pyridine rings is 1. The van der Waals surface area contributed by atoms with Crippen molar-refractivity contribution in [1.82, 2.24) is 14.3 Å². The molecule has 0 spiro atoms. The second-order valence-corrected chi connectivity index (χ2v) is 9.35. The molecule has 1 saturated heterocycles. The van der Waals surface area contributed by atoms with Crippen molar-refractivity contribution < 1.29 is 4.79 Å². The van der Waals surface area contributed by atoms with Crippen molar-refractivity contribution in [3.8, 4) is 0 Å². The summed E-state index contributed by atoms with van der Waals surface area (Å²) in [5.41, 5.74) is 2.64. The minimum atomic E-state index is -0.223. The van der Waals surface area contributed by atoms with Gasteiger partial charge in [0.25, 0.3) is 11.5 Å². The second kappa shape index (κ2) is 9.26. The van der Waals surface area contributed by atoms with Gasteiger partial charge in [0.1, 0.15) is 15.8 Å². The zero-order valence-corrected chi connectivity index (χ0v) is 19.8. The smallest absolute Gasteiger partial charge is 0.267 e. The van der Waals surface area contributed by atoms with Gasteiger partial charge in [-0.15, -0.1) is 0 Å². The summed E-state index contributed by atoms with van der Waals surface area (Å²) >= 11 is 6.74. The van der Waals surface area contributed by atoms with Crippen LogP contribution in [0.4, 0.5) is 5.82 Å². The molecular formula is C24H24N4O2S2. The first-order valence-electron chi connectivity index (χ1n) is 10.5. The van der Waals surface area contributed by atoms with Crippen molar-refractivity contribution >= 4 is 51.7 Å². The Balaban J connectivity index is 1.78. The summed E-state index contributed by atoms with van der Waals surface area (Å²) in [6.45, 7) is 6.58. The molecule has 1 amide bonds. The average Bonchev–Trinajstić information content (AvgIpc) is 3.07. The lowest BCUT2D eigenvalue weighted by Gasteiger charge is -2.23. The number of benzene rings is 1. The molecule has 1 atom stereocenters. The van der Waals surface area contributed by atoms with E-state index in [4.69, 9.17) is 12.2 Å². The van der Waals surface area contributed by atoms with Crippen LogP contribution in [0.5, 0.6) is 0 Å². The first-order chi connectivity index (χ1) is 15.4. The SMILES string of the molecule is CCCNc1nc2ccc(C)cn2c(=O)c1C=C1SC(=S)N(C(C)c2ccccc2)C1=O. The fourth-order valence-electron chi connectivity index (χ4n) is 3.59. The number of thiocarbonyl (C=S) groups is 1. The number of rotatable bonds is 6. The minimum Gasteiger partial charge on any atom is -0.369 e. The minimum absolute atomic E-state index is 0.202. The normalized spacial score (nSPS) is 16.2. The first-order valence-corrected chi connectivity index (χ1v) is 11.7. The number of anilines is 1. The summed E-state index contributed by atoms with van der Waals surface area (Å²) < 4.78 is 2.00. The van der Waals surface area contributed by atoms with Crippen LogP contribution >= 0.6 is 24.0 Å². The molecule has 1 unspecified atom stereocenters. The number of hydrogen-bond acceptors (Lipinski definition) is 6. The van der Waals surface area contributed by atoms with E-state index in [1.165, 1.54) is 16.2 Å². The topological polar surface area (TPSA) is 66.7 Å². The van der Waals surface area contributed by atoms with E-state index < -0.39 is 0 Å². The lowest BCUT2D eigenvalue weighted by Crippen LogP contribution is -2.31. The van der Waals surface area contributed by atoms with E-state index in [0.29, 0.717) is 32.8 Å². The highest BCUT2D eigenvalue weighted by Crippen LogP contribution is 2.38. The Labute approximate surface area is 196 Å². The Morgan fingerprint density at radius 2 is 1.94 bits per heavy atom. The molecule has 1 N–H and O–H groups in total. The van der Waals surface area contributed by atoms with E-state index >= 15 is 0 Å². The van der Waals surface area contributed by atoms with Crippen LogP contribution < -0.4 is 10.9 Å². The molecule has 0 aliphatic carbocycles. The van der Waals surface area contributed by atoms with Crippen LogP contribution in [0.1, 0.15) is 43.0 Å². The van der Waals surface area contributed by atoms with Crippen molar-refractivity contribution in [2.45, 2.75) is 33.2 Å². The maximum atomic E-state index is 13.3. The largest absolute Gasteiger partial charge is 0.369 e. The lowest BCUT2D eigenvalue weighted by atomic mass is 10.1. The third-order valence-corrected chi connectivity index (χ3v) is 6.65. The summed E-state index contributed by atoms with van der Waals surface area (Å²) in [4.78, 5) is 33.3. The second-order valence-electron chi connectivity index (χ2n) is 7.68. The number of carbonyl (C=O) groups excluding carboxylic acids is 1. The predicted octanol–water partition coefficient (Wildman–Crippen LogP) is 4.79. The number of aryl methyl sites for hydroxylation is 1. The number of nitrogens with one attached hydrogen (secondary N) is 1. The number of amides is 1. The quantitative estimate of drug-likeness (QED) is 0.418. The molecule has 8 heteroatoms. The van der Waals surface area contributed by atoms with E-state index in [1.54, 1.807) is 17.2 Å². The highest BCUT2D eigenvalue weighted by Gasteiger charge is 2.36. The molecule has 0 saturated carbocycles. The van der Waals surface area contributed by atoms with Gasteiger partial charge in [-0.05, 0) is 43.5 Å². The summed E-state index contributed by atoms with van der Waals surface area (Å²) in [5, 5.41) is 3.23. The molecule has 164 valence electrons. The Bertz CT molecular complexity index is 1280. The van der Waals surface area contributed by atoms with Gasteiger partial charge in [0.15, 0.2) is 0 Å². The van der Waals surface area contributed by atoms with E-state index in [1.807, 2.05) is 63.2 Å². The molecule has 0 radical (unpaired) electrons. The number of hydrogen-bond donors (Lipinski definition) is 1. The summed E-state index contributed by atoms with van der Waals surface area (Å²) in [5.74, 6) is 0.272. The van der Waals surface area contributed by atoms with Crippen LogP contribution in [0.3, 0.4) is 0 Å². The molecule has 32 heavy (non-hydrogen) atoms. The Morgan fingerprint density at radius 3 is 2.66 bits per heavy atom. The van der Waals surface area contributed by atoms with E-state index in [-0.39, 0.29) is 17.5 Å².